The Morgan fingerprint density at radius 2 is 1.53 bits per heavy atom. The fourth-order valence-corrected chi connectivity index (χ4v) is 4.32. The van der Waals surface area contributed by atoms with Crippen LogP contribution in [-0.4, -0.2) is 44.2 Å². The fraction of sp³-hybridized carbons (Fsp3) is 0.214. The lowest BCUT2D eigenvalue weighted by atomic mass is 9.86. The lowest BCUT2D eigenvalue weighted by Crippen LogP contribution is -2.30. The van der Waals surface area contributed by atoms with E-state index >= 15 is 0 Å². The highest BCUT2D eigenvalue weighted by molar-refractivity contribution is 6.51. The van der Waals surface area contributed by atoms with E-state index in [0.717, 1.165) is 5.56 Å². The van der Waals surface area contributed by atoms with Crippen molar-refractivity contribution in [2.45, 2.75) is 13.0 Å². The van der Waals surface area contributed by atoms with E-state index < -0.39 is 23.8 Å². The number of hydrogen-bond donors (Lipinski definition) is 0. The van der Waals surface area contributed by atoms with Crippen LogP contribution in [0.1, 0.15) is 39.2 Å². The lowest BCUT2D eigenvalue weighted by Gasteiger charge is -2.27. The van der Waals surface area contributed by atoms with Gasteiger partial charge in [0.05, 0.1) is 31.2 Å². The largest absolute Gasteiger partial charge is 0.497 e. The summed E-state index contributed by atoms with van der Waals surface area (Å²) in [5.41, 5.74) is 2.05. The van der Waals surface area contributed by atoms with E-state index in [0.29, 0.717) is 22.6 Å². The highest BCUT2D eigenvalue weighted by Gasteiger charge is 2.51. The first-order valence-electron chi connectivity index (χ1n) is 11.4. The Morgan fingerprint density at radius 3 is 2.11 bits per heavy atom. The summed E-state index contributed by atoms with van der Waals surface area (Å²) in [5, 5.41) is 3.99. The highest BCUT2D eigenvalue weighted by atomic mass is 16.6. The minimum atomic E-state index is -0.932. The van der Waals surface area contributed by atoms with Gasteiger partial charge in [0.1, 0.15) is 12.9 Å². The van der Waals surface area contributed by atoms with Crippen LogP contribution >= 0.6 is 0 Å². The first kappa shape index (κ1) is 24.7. The van der Waals surface area contributed by atoms with Gasteiger partial charge >= 0.3 is 5.97 Å². The molecule has 1 aliphatic heterocycles. The zero-order chi connectivity index (χ0) is 25.7. The molecule has 1 fully saturated rings. The number of rotatable bonds is 8. The van der Waals surface area contributed by atoms with Crippen LogP contribution in [0.25, 0.3) is 0 Å². The van der Waals surface area contributed by atoms with Gasteiger partial charge in [-0.25, -0.2) is 4.79 Å². The summed E-state index contributed by atoms with van der Waals surface area (Å²) in [5.74, 6) is -1.51. The molecule has 1 amide bonds. The number of oxime groups is 1. The highest BCUT2D eigenvalue weighted by Crippen LogP contribution is 2.42. The van der Waals surface area contributed by atoms with Crippen molar-refractivity contribution in [3.05, 3.63) is 95.6 Å². The molecule has 0 radical (unpaired) electrons. The number of benzene rings is 3. The van der Waals surface area contributed by atoms with E-state index in [9.17, 15) is 14.4 Å². The van der Waals surface area contributed by atoms with Crippen LogP contribution < -0.4 is 9.64 Å². The molecule has 3 aromatic carbocycles. The number of carbonyl (C=O) groups is 3. The normalized spacial score (nSPS) is 18.2. The number of Topliss-reactive ketones (excluding diaryl/α,β-unsaturated/α-hetero) is 1. The summed E-state index contributed by atoms with van der Waals surface area (Å²) >= 11 is 0. The van der Waals surface area contributed by atoms with Crippen molar-refractivity contribution in [3.63, 3.8) is 0 Å². The Balaban J connectivity index is 1.82. The molecular weight excluding hydrogens is 460 g/mol. The molecule has 2 unspecified atom stereocenters. The summed E-state index contributed by atoms with van der Waals surface area (Å²) in [6.07, 6.45) is 0. The van der Waals surface area contributed by atoms with Crippen molar-refractivity contribution in [1.82, 2.24) is 0 Å². The van der Waals surface area contributed by atoms with Crippen molar-refractivity contribution in [1.29, 1.82) is 0 Å². The van der Waals surface area contributed by atoms with Crippen LogP contribution in [0.4, 0.5) is 5.69 Å². The zero-order valence-electron chi connectivity index (χ0n) is 20.2. The number of esters is 1. The van der Waals surface area contributed by atoms with Gasteiger partial charge in [-0.05, 0) is 61.0 Å². The van der Waals surface area contributed by atoms with E-state index in [-0.39, 0.29) is 18.1 Å². The average Bonchev–Trinajstić information content (AvgIpc) is 3.21. The maximum Gasteiger partial charge on any atom is 0.338 e. The quantitative estimate of drug-likeness (QED) is 0.265. The van der Waals surface area contributed by atoms with Gasteiger partial charge in [-0.1, -0.05) is 35.5 Å². The Labute approximate surface area is 209 Å². The molecule has 0 bridgehead atoms. The van der Waals surface area contributed by atoms with Crippen LogP contribution in [0.3, 0.4) is 0 Å². The molecule has 0 aromatic heterocycles. The summed E-state index contributed by atoms with van der Waals surface area (Å²) in [6.45, 7) is 1.99. The Morgan fingerprint density at radius 1 is 0.889 bits per heavy atom. The minimum Gasteiger partial charge on any atom is -0.497 e. The first-order chi connectivity index (χ1) is 17.5. The Kier molecular flexibility index (Phi) is 7.44. The summed E-state index contributed by atoms with van der Waals surface area (Å²) in [6, 6.07) is 21.8. The van der Waals surface area contributed by atoms with Gasteiger partial charge in [-0.2, -0.15) is 0 Å². The van der Waals surface area contributed by atoms with Gasteiger partial charge < -0.3 is 14.3 Å². The van der Waals surface area contributed by atoms with Gasteiger partial charge in [0, 0.05) is 11.3 Å². The Hall–Kier alpha value is -4.46. The molecule has 4 rings (SSSR count). The van der Waals surface area contributed by atoms with Gasteiger partial charge in [0.15, 0.2) is 11.5 Å². The van der Waals surface area contributed by atoms with Crippen LogP contribution in [0, 0.1) is 5.92 Å². The maximum atomic E-state index is 13.8. The predicted molar refractivity (Wildman–Crippen MR) is 134 cm³/mol. The topological polar surface area (TPSA) is 94.5 Å². The number of anilines is 1. The molecule has 8 nitrogen and oxygen atoms in total. The van der Waals surface area contributed by atoms with Crippen molar-refractivity contribution < 1.29 is 28.7 Å². The molecule has 1 aliphatic rings. The molecule has 184 valence electrons. The minimum absolute atomic E-state index is 0.00152. The second kappa shape index (κ2) is 10.9. The number of methoxy groups -OCH3 is 1. The fourth-order valence-electron chi connectivity index (χ4n) is 4.32. The smallest absolute Gasteiger partial charge is 0.338 e. The summed E-state index contributed by atoms with van der Waals surface area (Å²) < 4.78 is 10.3. The van der Waals surface area contributed by atoms with Crippen molar-refractivity contribution >= 4 is 29.1 Å². The molecule has 0 spiro atoms. The Bertz CT molecular complexity index is 1270. The maximum absolute atomic E-state index is 13.8. The van der Waals surface area contributed by atoms with E-state index in [4.69, 9.17) is 14.3 Å². The second-order valence-corrected chi connectivity index (χ2v) is 8.03. The SMILES string of the molecule is CCOC(=O)c1ccc(N2C(=O)C(=NOC)C(C(=O)c3ccc(OC)cc3)C2c2ccccc2)cc1. The van der Waals surface area contributed by atoms with E-state index in [1.165, 1.54) is 12.0 Å². The molecule has 8 heteroatoms. The van der Waals surface area contributed by atoms with E-state index in [1.807, 2.05) is 30.3 Å². The van der Waals surface area contributed by atoms with Gasteiger partial charge in [0.2, 0.25) is 0 Å². The monoisotopic (exact) mass is 486 g/mol. The number of carbonyl (C=O) groups excluding carboxylic acids is 3. The number of nitrogens with zero attached hydrogens (tertiary/aromatic N) is 2. The summed E-state index contributed by atoms with van der Waals surface area (Å²) in [7, 11) is 2.88. The molecule has 2 atom stereocenters. The van der Waals surface area contributed by atoms with Crippen LogP contribution in [0.15, 0.2) is 84.0 Å². The van der Waals surface area contributed by atoms with Gasteiger partial charge in [0.25, 0.3) is 5.91 Å². The van der Waals surface area contributed by atoms with Crippen LogP contribution in [0.5, 0.6) is 5.75 Å². The van der Waals surface area contributed by atoms with Gasteiger partial charge in [-0.3, -0.25) is 14.5 Å². The number of ether oxygens (including phenoxy) is 2. The molecule has 3 aromatic rings. The second-order valence-electron chi connectivity index (χ2n) is 8.03. The predicted octanol–water partition coefficient (Wildman–Crippen LogP) is 4.46. The third-order valence-corrected chi connectivity index (χ3v) is 5.97. The van der Waals surface area contributed by atoms with Crippen molar-refractivity contribution in [2.75, 3.05) is 25.7 Å². The number of amides is 1. The zero-order valence-corrected chi connectivity index (χ0v) is 20.2. The van der Waals surface area contributed by atoms with Crippen molar-refractivity contribution in [2.24, 2.45) is 11.1 Å². The lowest BCUT2D eigenvalue weighted by molar-refractivity contribution is -0.112. The number of hydrogen-bond acceptors (Lipinski definition) is 7. The third-order valence-electron chi connectivity index (χ3n) is 5.97. The standard InChI is InChI=1S/C28H26N2O6/c1-4-36-28(33)20-10-14-21(15-11-20)30-25(18-8-6-5-7-9-18)23(24(27(30)32)29-35-3)26(31)19-12-16-22(34-2)17-13-19/h5-17,23,25H,4H2,1-3H3. The van der Waals surface area contributed by atoms with E-state index in [2.05, 4.69) is 5.16 Å². The molecular formula is C28H26N2O6. The molecule has 0 N–H and O–H groups in total. The molecule has 36 heavy (non-hydrogen) atoms. The van der Waals surface area contributed by atoms with Crippen LogP contribution in [0.2, 0.25) is 0 Å². The summed E-state index contributed by atoms with van der Waals surface area (Å²) in [4.78, 5) is 46.2. The number of ketones is 1. The van der Waals surface area contributed by atoms with Crippen LogP contribution in [-0.2, 0) is 14.4 Å². The van der Waals surface area contributed by atoms with Gasteiger partial charge in [-0.15, -0.1) is 0 Å². The third kappa shape index (κ3) is 4.70. The van der Waals surface area contributed by atoms with E-state index in [1.54, 1.807) is 62.6 Å². The molecule has 1 saturated heterocycles. The first-order valence-corrected chi connectivity index (χ1v) is 11.4. The molecule has 0 aliphatic carbocycles. The molecule has 1 heterocycles. The molecule has 0 saturated carbocycles. The van der Waals surface area contributed by atoms with Crippen molar-refractivity contribution in [3.8, 4) is 5.75 Å². The average molecular weight is 487 g/mol.